The van der Waals surface area contributed by atoms with Gasteiger partial charge in [-0.3, -0.25) is 0 Å². The summed E-state index contributed by atoms with van der Waals surface area (Å²) in [6.07, 6.45) is -0.385. The Hall–Kier alpha value is -0.145. The quantitative estimate of drug-likeness (QED) is 0.479. The fraction of sp³-hybridized carbons (Fsp3) is 1.00. The van der Waals surface area contributed by atoms with E-state index in [1.54, 1.807) is 0 Å². The molecule has 0 spiro atoms. The van der Waals surface area contributed by atoms with Gasteiger partial charge in [0.25, 0.3) is 0 Å². The average molecular weight is 111 g/mol. The summed E-state index contributed by atoms with van der Waals surface area (Å²) in [6, 6.07) is 0. The molecule has 0 aliphatic heterocycles. The van der Waals surface area contributed by atoms with Gasteiger partial charge in [-0.2, -0.15) is 0 Å². The van der Waals surface area contributed by atoms with E-state index in [0.29, 0.717) is 0 Å². The lowest BCUT2D eigenvalue weighted by atomic mass is 9.85. The standard InChI is InChI=1S/C3H7BF3/c1-2-3-4(5,6)7/h2-3H2,1H3/q-1. The van der Waals surface area contributed by atoms with Crippen molar-refractivity contribution in [3.05, 3.63) is 0 Å². The third-order valence-electron chi connectivity index (χ3n) is 0.616. The number of rotatable bonds is 2. The highest BCUT2D eigenvalue weighted by atomic mass is 19.4. The number of hydrogen-bond donors (Lipinski definition) is 0. The molecule has 0 saturated carbocycles. The molecule has 0 heterocycles. The van der Waals surface area contributed by atoms with Gasteiger partial charge >= 0.3 is 6.98 Å². The Kier molecular flexibility index (Phi) is 2.19. The molecule has 0 aromatic heterocycles. The topological polar surface area (TPSA) is 0 Å². The van der Waals surface area contributed by atoms with E-state index < -0.39 is 13.3 Å². The van der Waals surface area contributed by atoms with Crippen LogP contribution in [0.15, 0.2) is 0 Å². The van der Waals surface area contributed by atoms with Crippen molar-refractivity contribution in [3.63, 3.8) is 0 Å². The van der Waals surface area contributed by atoms with E-state index in [1.165, 1.54) is 6.92 Å². The van der Waals surface area contributed by atoms with Gasteiger partial charge < -0.3 is 12.9 Å². The maximum Gasteiger partial charge on any atom is 0.478 e. The van der Waals surface area contributed by atoms with Crippen LogP contribution in [0.2, 0.25) is 6.32 Å². The average Bonchev–Trinajstić information content (AvgIpc) is 1.30. The Morgan fingerprint density at radius 1 is 1.29 bits per heavy atom. The lowest BCUT2D eigenvalue weighted by Gasteiger charge is -2.09. The normalized spacial score (nSPS) is 12.0. The molecule has 0 radical (unpaired) electrons. The molecular formula is C3H7BF3-. The van der Waals surface area contributed by atoms with Crippen LogP contribution in [0.1, 0.15) is 13.3 Å². The summed E-state index contributed by atoms with van der Waals surface area (Å²) in [4.78, 5) is 0. The van der Waals surface area contributed by atoms with Crippen LogP contribution in [0.3, 0.4) is 0 Å². The first-order chi connectivity index (χ1) is 3.06. The predicted molar refractivity (Wildman–Crippen MR) is 24.2 cm³/mol. The van der Waals surface area contributed by atoms with Crippen molar-refractivity contribution in [3.8, 4) is 0 Å². The van der Waals surface area contributed by atoms with E-state index in [9.17, 15) is 12.9 Å². The van der Waals surface area contributed by atoms with E-state index in [1.807, 2.05) is 0 Å². The summed E-state index contributed by atoms with van der Waals surface area (Å²) in [5.74, 6) is 0. The lowest BCUT2D eigenvalue weighted by molar-refractivity contribution is 0.466. The first-order valence-corrected chi connectivity index (χ1v) is 2.27. The first kappa shape index (κ1) is 6.85. The monoisotopic (exact) mass is 111 g/mol. The van der Waals surface area contributed by atoms with E-state index in [2.05, 4.69) is 0 Å². The van der Waals surface area contributed by atoms with Crippen molar-refractivity contribution in [1.29, 1.82) is 0 Å². The number of hydrogen-bond acceptors (Lipinski definition) is 0. The molecule has 44 valence electrons. The zero-order valence-electron chi connectivity index (χ0n) is 4.13. The third-order valence-corrected chi connectivity index (χ3v) is 0.616. The van der Waals surface area contributed by atoms with Gasteiger partial charge in [0.05, 0.1) is 0 Å². The van der Waals surface area contributed by atoms with Crippen LogP contribution in [0.4, 0.5) is 12.9 Å². The van der Waals surface area contributed by atoms with Gasteiger partial charge in [0, 0.05) is 0 Å². The Morgan fingerprint density at radius 3 is 1.71 bits per heavy atom. The molecule has 0 N–H and O–H groups in total. The van der Waals surface area contributed by atoms with Gasteiger partial charge in [0.1, 0.15) is 0 Å². The van der Waals surface area contributed by atoms with Gasteiger partial charge in [0.2, 0.25) is 0 Å². The van der Waals surface area contributed by atoms with Crippen molar-refractivity contribution < 1.29 is 12.9 Å². The molecule has 0 aromatic carbocycles. The van der Waals surface area contributed by atoms with E-state index in [-0.39, 0.29) is 6.42 Å². The minimum Gasteiger partial charge on any atom is -0.449 e. The molecule has 0 bridgehead atoms. The minimum atomic E-state index is -4.49. The van der Waals surface area contributed by atoms with Crippen molar-refractivity contribution >= 4 is 6.98 Å². The maximum atomic E-state index is 11.1. The Morgan fingerprint density at radius 2 is 1.71 bits per heavy atom. The molecule has 0 unspecified atom stereocenters. The van der Waals surface area contributed by atoms with Gasteiger partial charge in [-0.1, -0.05) is 19.7 Å². The molecule has 0 aliphatic rings. The van der Waals surface area contributed by atoms with Crippen LogP contribution in [-0.4, -0.2) is 6.98 Å². The molecule has 0 aromatic rings. The second-order valence-corrected chi connectivity index (χ2v) is 1.50. The van der Waals surface area contributed by atoms with Crippen LogP contribution in [0.5, 0.6) is 0 Å². The molecule has 0 rings (SSSR count). The Bertz CT molecular complexity index is 48.6. The summed E-state index contributed by atoms with van der Waals surface area (Å²) in [5, 5.41) is 0. The SMILES string of the molecule is CCC[B-](F)(F)F. The van der Waals surface area contributed by atoms with Gasteiger partial charge in [-0.15, -0.1) is 0 Å². The lowest BCUT2D eigenvalue weighted by Crippen LogP contribution is -2.12. The van der Waals surface area contributed by atoms with Crippen LogP contribution >= 0.6 is 0 Å². The molecule has 7 heavy (non-hydrogen) atoms. The van der Waals surface area contributed by atoms with Crippen molar-refractivity contribution in [2.45, 2.75) is 19.7 Å². The number of halogens is 3. The van der Waals surface area contributed by atoms with E-state index >= 15 is 0 Å². The van der Waals surface area contributed by atoms with Crippen LogP contribution < -0.4 is 0 Å². The molecule has 0 aliphatic carbocycles. The van der Waals surface area contributed by atoms with Crippen LogP contribution in [0, 0.1) is 0 Å². The van der Waals surface area contributed by atoms with Gasteiger partial charge in [-0.05, 0) is 0 Å². The summed E-state index contributed by atoms with van der Waals surface area (Å²) >= 11 is 0. The maximum absolute atomic E-state index is 11.1. The Balaban J connectivity index is 3.15. The van der Waals surface area contributed by atoms with Crippen molar-refractivity contribution in [1.82, 2.24) is 0 Å². The largest absolute Gasteiger partial charge is 0.478 e. The Labute approximate surface area is 40.8 Å². The minimum absolute atomic E-state index is 0.212. The zero-order chi connectivity index (χ0) is 5.91. The van der Waals surface area contributed by atoms with E-state index in [0.717, 1.165) is 0 Å². The first-order valence-electron chi connectivity index (χ1n) is 2.27. The fourth-order valence-electron chi connectivity index (χ4n) is 0.327. The highest BCUT2D eigenvalue weighted by Crippen LogP contribution is 2.15. The molecule has 0 saturated heterocycles. The molecule has 0 amide bonds. The highest BCUT2D eigenvalue weighted by Gasteiger charge is 2.19. The van der Waals surface area contributed by atoms with Gasteiger partial charge in [-0.25, -0.2) is 0 Å². The highest BCUT2D eigenvalue weighted by molar-refractivity contribution is 6.58. The van der Waals surface area contributed by atoms with Crippen LogP contribution in [-0.2, 0) is 0 Å². The molecule has 0 fully saturated rings. The third kappa shape index (κ3) is 5.85. The molecule has 0 nitrogen and oxygen atoms in total. The zero-order valence-corrected chi connectivity index (χ0v) is 4.13. The second kappa shape index (κ2) is 2.24. The molecule has 0 atom stereocenters. The van der Waals surface area contributed by atoms with Crippen molar-refractivity contribution in [2.24, 2.45) is 0 Å². The summed E-state index contributed by atoms with van der Waals surface area (Å²) < 4.78 is 33.4. The second-order valence-electron chi connectivity index (χ2n) is 1.50. The molecule has 4 heteroatoms. The van der Waals surface area contributed by atoms with Gasteiger partial charge in [0.15, 0.2) is 0 Å². The summed E-state index contributed by atoms with van der Waals surface area (Å²) in [6.45, 7) is -2.97. The molecular weight excluding hydrogens is 104 g/mol. The smallest absolute Gasteiger partial charge is 0.449 e. The predicted octanol–water partition coefficient (Wildman–Crippen LogP) is 2.24. The summed E-state index contributed by atoms with van der Waals surface area (Å²) in [7, 11) is 0. The van der Waals surface area contributed by atoms with Crippen molar-refractivity contribution in [2.75, 3.05) is 0 Å². The summed E-state index contributed by atoms with van der Waals surface area (Å²) in [5.41, 5.74) is 0. The van der Waals surface area contributed by atoms with Crippen LogP contribution in [0.25, 0.3) is 0 Å². The van der Waals surface area contributed by atoms with E-state index in [4.69, 9.17) is 0 Å². The fourth-order valence-corrected chi connectivity index (χ4v) is 0.327.